The summed E-state index contributed by atoms with van der Waals surface area (Å²) in [6, 6.07) is 0. The summed E-state index contributed by atoms with van der Waals surface area (Å²) in [6.07, 6.45) is 13.7. The van der Waals surface area contributed by atoms with Crippen LogP contribution in [0.4, 0.5) is 0 Å². The summed E-state index contributed by atoms with van der Waals surface area (Å²) >= 11 is 0. The Morgan fingerprint density at radius 2 is 1.74 bits per heavy atom. The molecule has 0 radical (unpaired) electrons. The zero-order chi connectivity index (χ0) is 18.5. The van der Waals surface area contributed by atoms with Crippen LogP contribution in [0.3, 0.4) is 0 Å². The summed E-state index contributed by atoms with van der Waals surface area (Å²) in [5.74, 6) is 2.62. The van der Waals surface area contributed by atoms with Gasteiger partial charge in [-0.25, -0.2) is 0 Å². The molecule has 0 spiro atoms. The first kappa shape index (κ1) is 21.1. The lowest BCUT2D eigenvalue weighted by Crippen LogP contribution is -2.57. The molecule has 0 heterocycles. The van der Waals surface area contributed by atoms with E-state index in [0.29, 0.717) is 40.9 Å². The Hall–Kier alpha value is -0.570. The van der Waals surface area contributed by atoms with Gasteiger partial charge >= 0.3 is 5.97 Å². The van der Waals surface area contributed by atoms with Gasteiger partial charge in [-0.3, -0.25) is 4.79 Å². The maximum atomic E-state index is 11.2. The molecule has 4 rings (SSSR count). The molecule has 3 heteroatoms. The van der Waals surface area contributed by atoms with Crippen LogP contribution >= 0.6 is 0 Å². The van der Waals surface area contributed by atoms with Gasteiger partial charge in [-0.15, -0.1) is 0 Å². The average molecular weight is 379 g/mol. The molecule has 0 aromatic carbocycles. The monoisotopic (exact) mass is 378 g/mol. The molecule has 0 aromatic heterocycles. The molecule has 27 heavy (non-hydrogen) atoms. The fourth-order valence-electron chi connectivity index (χ4n) is 8.34. The number of hydrogen-bond acceptors (Lipinski definition) is 2. The Morgan fingerprint density at radius 3 is 2.48 bits per heavy atom. The molecule has 0 aliphatic heterocycles. The second-order valence-corrected chi connectivity index (χ2v) is 10.6. The van der Waals surface area contributed by atoms with Crippen LogP contribution in [0.1, 0.15) is 98.3 Å². The van der Waals surface area contributed by atoms with Gasteiger partial charge in [0.05, 0.1) is 6.10 Å². The molecule has 4 aliphatic rings. The number of aliphatic carboxylic acids is 1. The van der Waals surface area contributed by atoms with E-state index in [9.17, 15) is 9.90 Å². The summed E-state index contributed by atoms with van der Waals surface area (Å²) < 4.78 is 0. The third-order valence-corrected chi connectivity index (χ3v) is 9.74. The molecule has 8 unspecified atom stereocenters. The fourth-order valence-corrected chi connectivity index (χ4v) is 8.34. The van der Waals surface area contributed by atoms with Crippen LogP contribution in [0, 0.1) is 40.4 Å². The molecule has 0 saturated heterocycles. The maximum Gasteiger partial charge on any atom is 0.303 e. The van der Waals surface area contributed by atoms with Crippen molar-refractivity contribution in [3.8, 4) is 0 Å². The largest absolute Gasteiger partial charge is 0.481 e. The molecule has 3 nitrogen and oxygen atoms in total. The molecule has 0 amide bonds. The maximum absolute atomic E-state index is 11.2. The van der Waals surface area contributed by atoms with Gasteiger partial charge in [0, 0.05) is 6.42 Å². The van der Waals surface area contributed by atoms with E-state index in [-0.39, 0.29) is 13.5 Å². The number of fused-ring (bicyclic) bond motifs is 5. The van der Waals surface area contributed by atoms with E-state index in [0.717, 1.165) is 25.2 Å². The summed E-state index contributed by atoms with van der Waals surface area (Å²) in [5, 5.41) is 20.2. The number of aliphatic hydroxyl groups is 1. The highest BCUT2D eigenvalue weighted by molar-refractivity contribution is 5.66. The van der Waals surface area contributed by atoms with Crippen molar-refractivity contribution in [1.29, 1.82) is 0 Å². The number of hydrogen-bond donors (Lipinski definition) is 2. The third-order valence-electron chi connectivity index (χ3n) is 9.74. The van der Waals surface area contributed by atoms with E-state index in [1.807, 2.05) is 0 Å². The van der Waals surface area contributed by atoms with Gasteiger partial charge in [-0.05, 0) is 98.2 Å². The first-order chi connectivity index (χ1) is 12.4. The van der Waals surface area contributed by atoms with Crippen LogP contribution in [0.5, 0.6) is 0 Å². The van der Waals surface area contributed by atoms with Gasteiger partial charge < -0.3 is 10.2 Å². The minimum atomic E-state index is -0.660. The van der Waals surface area contributed by atoms with Gasteiger partial charge in [-0.1, -0.05) is 34.1 Å². The fraction of sp³-hybridized carbons (Fsp3) is 0.958. The molecule has 0 bridgehead atoms. The van der Waals surface area contributed by atoms with E-state index < -0.39 is 5.97 Å². The normalized spacial score (nSPS) is 48.7. The Bertz CT molecular complexity index is 546. The molecule has 4 aliphatic carbocycles. The van der Waals surface area contributed by atoms with Crippen LogP contribution in [-0.4, -0.2) is 22.3 Å². The number of rotatable bonds is 4. The first-order valence-electron chi connectivity index (χ1n) is 11.3. The first-order valence-corrected chi connectivity index (χ1v) is 11.3. The predicted molar refractivity (Wildman–Crippen MR) is 109 cm³/mol. The number of aliphatic hydroxyl groups excluding tert-OH is 1. The Morgan fingerprint density at radius 1 is 1.00 bits per heavy atom. The van der Waals surface area contributed by atoms with Gasteiger partial charge in [0.25, 0.3) is 0 Å². The Labute approximate surface area is 166 Å². The van der Waals surface area contributed by atoms with Crippen LogP contribution < -0.4 is 0 Å². The highest BCUT2D eigenvalue weighted by Crippen LogP contribution is 2.67. The van der Waals surface area contributed by atoms with Gasteiger partial charge in [0.15, 0.2) is 0 Å². The summed E-state index contributed by atoms with van der Waals surface area (Å²) in [6.45, 7) is 5.04. The van der Waals surface area contributed by atoms with E-state index in [2.05, 4.69) is 13.8 Å². The van der Waals surface area contributed by atoms with Crippen LogP contribution in [0.15, 0.2) is 0 Å². The van der Waals surface area contributed by atoms with Crippen molar-refractivity contribution >= 4 is 5.97 Å². The standard InChI is InChI=1S/C23H38O3.CH4/c1-22-12-4-3-6-16(22)14-19(24)21-17-10-9-15(7-5-8-20(25)26)23(17,2)13-11-18(21)22;/h15-19,21,24H,3-14H2,1-2H3,(H,25,26);1H4. The van der Waals surface area contributed by atoms with Crippen LogP contribution in [0.25, 0.3) is 0 Å². The zero-order valence-electron chi connectivity index (χ0n) is 16.8. The van der Waals surface area contributed by atoms with Gasteiger partial charge in [-0.2, -0.15) is 0 Å². The Kier molecular flexibility index (Phi) is 6.02. The molecule has 8 atom stereocenters. The van der Waals surface area contributed by atoms with E-state index in [1.54, 1.807) is 0 Å². The second-order valence-electron chi connectivity index (χ2n) is 10.6. The molecule has 0 aromatic rings. The highest BCUT2D eigenvalue weighted by Gasteiger charge is 2.61. The van der Waals surface area contributed by atoms with E-state index in [1.165, 1.54) is 51.4 Å². The number of carboxylic acids is 1. The minimum absolute atomic E-state index is 0. The molecule has 2 N–H and O–H groups in total. The van der Waals surface area contributed by atoms with Crippen LogP contribution in [-0.2, 0) is 4.79 Å². The smallest absolute Gasteiger partial charge is 0.303 e. The zero-order valence-corrected chi connectivity index (χ0v) is 16.8. The van der Waals surface area contributed by atoms with Crippen LogP contribution in [0.2, 0.25) is 0 Å². The van der Waals surface area contributed by atoms with Crippen molar-refractivity contribution < 1.29 is 15.0 Å². The summed E-state index contributed by atoms with van der Waals surface area (Å²) in [7, 11) is 0. The molecular formula is C24H42O3. The highest BCUT2D eigenvalue weighted by atomic mass is 16.4. The number of carboxylic acid groups (broad SMARTS) is 1. The molecule has 4 fully saturated rings. The molecule has 156 valence electrons. The third kappa shape index (κ3) is 3.36. The van der Waals surface area contributed by atoms with Crippen molar-refractivity contribution in [2.45, 2.75) is 104 Å². The minimum Gasteiger partial charge on any atom is -0.481 e. The average Bonchev–Trinajstić information content (AvgIpc) is 2.92. The van der Waals surface area contributed by atoms with Crippen molar-refractivity contribution in [1.82, 2.24) is 0 Å². The number of carbonyl (C=O) groups is 1. The summed E-state index contributed by atoms with van der Waals surface area (Å²) in [4.78, 5) is 10.9. The lowest BCUT2D eigenvalue weighted by Gasteiger charge is -2.62. The van der Waals surface area contributed by atoms with Crippen molar-refractivity contribution in [2.75, 3.05) is 0 Å². The van der Waals surface area contributed by atoms with Gasteiger partial charge in [0.1, 0.15) is 0 Å². The predicted octanol–water partition coefficient (Wildman–Crippen LogP) is 5.90. The lowest BCUT2D eigenvalue weighted by molar-refractivity contribution is -0.162. The van der Waals surface area contributed by atoms with E-state index >= 15 is 0 Å². The second kappa shape index (κ2) is 7.69. The quantitative estimate of drug-likeness (QED) is 0.640. The topological polar surface area (TPSA) is 57.5 Å². The van der Waals surface area contributed by atoms with Gasteiger partial charge in [0.2, 0.25) is 0 Å². The van der Waals surface area contributed by atoms with Crippen molar-refractivity contribution in [2.24, 2.45) is 40.4 Å². The summed E-state index contributed by atoms with van der Waals surface area (Å²) in [5.41, 5.74) is 0.795. The van der Waals surface area contributed by atoms with Crippen molar-refractivity contribution in [3.63, 3.8) is 0 Å². The lowest BCUT2D eigenvalue weighted by atomic mass is 9.44. The van der Waals surface area contributed by atoms with Crippen molar-refractivity contribution in [3.05, 3.63) is 0 Å². The molecule has 4 saturated carbocycles. The van der Waals surface area contributed by atoms with E-state index in [4.69, 9.17) is 5.11 Å². The Balaban J connectivity index is 0.00000210. The molecular weight excluding hydrogens is 336 g/mol. The SMILES string of the molecule is C.CC12CCC3C(C(O)CC4CCCCC43C)C1CCC2CCCC(=O)O.